The Kier molecular flexibility index (Phi) is 3.52. The molecule has 0 saturated heterocycles. The van der Waals surface area contributed by atoms with Crippen LogP contribution in [0.25, 0.3) is 0 Å². The maximum Gasteiger partial charge on any atom is 0.123 e. The molecule has 0 amide bonds. The van der Waals surface area contributed by atoms with Gasteiger partial charge in [-0.3, -0.25) is 0 Å². The molecular formula is C9H12INO2. The third-order valence-corrected chi connectivity index (χ3v) is 2.51. The number of aliphatic hydroxyl groups excluding tert-OH is 1. The van der Waals surface area contributed by atoms with Crippen molar-refractivity contribution in [3.05, 3.63) is 26.8 Å². The van der Waals surface area contributed by atoms with E-state index in [-0.39, 0.29) is 12.4 Å². The molecule has 0 spiro atoms. The molecule has 1 aromatic rings. The lowest BCUT2D eigenvalue weighted by Crippen LogP contribution is -2.15. The molecule has 4 heteroatoms. The number of phenols is 1. The lowest BCUT2D eigenvalue weighted by molar-refractivity contribution is 0.265. The van der Waals surface area contributed by atoms with Gasteiger partial charge < -0.3 is 15.9 Å². The Balaban J connectivity index is 3.20. The molecule has 1 aromatic carbocycles. The number of aliphatic hydroxyl groups is 1. The van der Waals surface area contributed by atoms with Gasteiger partial charge in [-0.2, -0.15) is 0 Å². The number of aryl methyl sites for hydroxylation is 1. The Morgan fingerprint density at radius 3 is 2.69 bits per heavy atom. The molecule has 0 radical (unpaired) electrons. The molecule has 4 N–H and O–H groups in total. The summed E-state index contributed by atoms with van der Waals surface area (Å²) in [5.74, 6) is 0.182. The van der Waals surface area contributed by atoms with E-state index in [0.717, 1.165) is 9.13 Å². The van der Waals surface area contributed by atoms with Gasteiger partial charge in [-0.25, -0.2) is 0 Å². The maximum atomic E-state index is 9.63. The summed E-state index contributed by atoms with van der Waals surface area (Å²) in [6.07, 6.45) is 0. The van der Waals surface area contributed by atoms with Crippen molar-refractivity contribution >= 4 is 22.6 Å². The van der Waals surface area contributed by atoms with Crippen LogP contribution >= 0.6 is 22.6 Å². The molecule has 1 atom stereocenters. The minimum Gasteiger partial charge on any atom is -0.507 e. The molecule has 0 fully saturated rings. The highest BCUT2D eigenvalue weighted by molar-refractivity contribution is 14.1. The Bertz CT molecular complexity index is 315. The minimum absolute atomic E-state index is 0.160. The van der Waals surface area contributed by atoms with Crippen molar-refractivity contribution < 1.29 is 10.2 Å². The second-order valence-corrected chi connectivity index (χ2v) is 4.20. The van der Waals surface area contributed by atoms with Gasteiger partial charge >= 0.3 is 0 Å². The van der Waals surface area contributed by atoms with Gasteiger partial charge in [-0.1, -0.05) is 0 Å². The Hall–Kier alpha value is -0.330. The molecule has 72 valence electrons. The van der Waals surface area contributed by atoms with Crippen molar-refractivity contribution in [3.63, 3.8) is 0 Å². The monoisotopic (exact) mass is 293 g/mol. The van der Waals surface area contributed by atoms with Crippen LogP contribution in [0.5, 0.6) is 5.75 Å². The highest BCUT2D eigenvalue weighted by atomic mass is 127. The molecular weight excluding hydrogens is 281 g/mol. The predicted octanol–water partition coefficient (Wildman–Crippen LogP) is 1.30. The molecule has 0 unspecified atom stereocenters. The van der Waals surface area contributed by atoms with Gasteiger partial charge in [0.25, 0.3) is 0 Å². The first-order valence-electron chi connectivity index (χ1n) is 3.91. The fourth-order valence-electron chi connectivity index (χ4n) is 1.14. The van der Waals surface area contributed by atoms with Crippen molar-refractivity contribution in [2.45, 2.75) is 13.0 Å². The zero-order valence-electron chi connectivity index (χ0n) is 7.29. The second-order valence-electron chi connectivity index (χ2n) is 2.95. The summed E-state index contributed by atoms with van der Waals surface area (Å²) < 4.78 is 1.01. The molecule has 1 rings (SSSR count). The van der Waals surface area contributed by atoms with Crippen molar-refractivity contribution in [1.82, 2.24) is 0 Å². The molecule has 13 heavy (non-hydrogen) atoms. The van der Waals surface area contributed by atoms with Crippen LogP contribution in [0.2, 0.25) is 0 Å². The van der Waals surface area contributed by atoms with Gasteiger partial charge in [0.2, 0.25) is 0 Å². The van der Waals surface area contributed by atoms with Crippen LogP contribution < -0.4 is 5.73 Å². The van der Waals surface area contributed by atoms with E-state index in [9.17, 15) is 5.11 Å². The smallest absolute Gasteiger partial charge is 0.123 e. The summed E-state index contributed by atoms with van der Waals surface area (Å²) in [5.41, 5.74) is 7.01. The first-order chi connectivity index (χ1) is 6.06. The summed E-state index contributed by atoms with van der Waals surface area (Å²) in [4.78, 5) is 0. The van der Waals surface area contributed by atoms with E-state index in [1.165, 1.54) is 0 Å². The predicted molar refractivity (Wildman–Crippen MR) is 59.6 cm³/mol. The number of rotatable bonds is 2. The van der Waals surface area contributed by atoms with Gasteiger partial charge in [0.05, 0.1) is 12.6 Å². The molecule has 0 aliphatic rings. The summed E-state index contributed by atoms with van der Waals surface area (Å²) >= 11 is 2.15. The van der Waals surface area contributed by atoms with Crippen molar-refractivity contribution in [3.8, 4) is 5.75 Å². The number of nitrogens with two attached hydrogens (primary N) is 1. The highest BCUT2D eigenvalue weighted by Gasteiger charge is 2.12. The van der Waals surface area contributed by atoms with Gasteiger partial charge in [0.1, 0.15) is 5.75 Å². The summed E-state index contributed by atoms with van der Waals surface area (Å²) in [7, 11) is 0. The van der Waals surface area contributed by atoms with Gasteiger partial charge in [0.15, 0.2) is 0 Å². The van der Waals surface area contributed by atoms with Crippen molar-refractivity contribution in [2.24, 2.45) is 5.73 Å². The van der Waals surface area contributed by atoms with Crippen LogP contribution in [0.4, 0.5) is 0 Å². The maximum absolute atomic E-state index is 9.63. The Morgan fingerprint density at radius 2 is 2.15 bits per heavy atom. The number of aromatic hydroxyl groups is 1. The average Bonchev–Trinajstić information content (AvgIpc) is 2.10. The van der Waals surface area contributed by atoms with Gasteiger partial charge in [0, 0.05) is 9.13 Å². The van der Waals surface area contributed by atoms with Crippen LogP contribution in [-0.4, -0.2) is 16.8 Å². The normalized spacial score (nSPS) is 12.9. The van der Waals surface area contributed by atoms with Gasteiger partial charge in [-0.05, 0) is 47.2 Å². The van der Waals surface area contributed by atoms with E-state index < -0.39 is 6.04 Å². The van der Waals surface area contributed by atoms with Crippen LogP contribution in [0.3, 0.4) is 0 Å². The molecule has 0 saturated carbocycles. The third-order valence-electron chi connectivity index (χ3n) is 1.89. The number of benzene rings is 1. The molecule has 0 bridgehead atoms. The summed E-state index contributed by atoms with van der Waals surface area (Å²) in [5, 5.41) is 18.5. The second kappa shape index (κ2) is 4.26. The molecule has 0 aliphatic carbocycles. The topological polar surface area (TPSA) is 66.5 Å². The Labute approximate surface area is 90.7 Å². The lowest BCUT2D eigenvalue weighted by Gasteiger charge is -2.12. The molecule has 0 heterocycles. The first-order valence-corrected chi connectivity index (χ1v) is 4.99. The number of halogens is 1. The van der Waals surface area contributed by atoms with E-state index in [2.05, 4.69) is 22.6 Å². The van der Waals surface area contributed by atoms with E-state index in [4.69, 9.17) is 10.8 Å². The first kappa shape index (κ1) is 10.7. The molecule has 3 nitrogen and oxygen atoms in total. The average molecular weight is 293 g/mol. The van der Waals surface area contributed by atoms with Crippen LogP contribution in [0, 0.1) is 10.5 Å². The highest BCUT2D eigenvalue weighted by Crippen LogP contribution is 2.28. The van der Waals surface area contributed by atoms with Crippen molar-refractivity contribution in [2.75, 3.05) is 6.61 Å². The standard InChI is InChI=1S/C9H12INO2/c1-5-2-6(10)3-7(9(5)13)8(11)4-12/h2-3,8,12-13H,4,11H2,1H3/t8-/m0/s1. The van der Waals surface area contributed by atoms with E-state index >= 15 is 0 Å². The summed E-state index contributed by atoms with van der Waals surface area (Å²) in [6.45, 7) is 1.65. The van der Waals surface area contributed by atoms with Crippen molar-refractivity contribution in [1.29, 1.82) is 0 Å². The largest absolute Gasteiger partial charge is 0.507 e. The fourth-order valence-corrected chi connectivity index (χ4v) is 1.95. The minimum atomic E-state index is -0.506. The number of hydrogen-bond donors (Lipinski definition) is 3. The van der Waals surface area contributed by atoms with E-state index in [1.807, 2.05) is 13.0 Å². The zero-order chi connectivity index (χ0) is 10.0. The number of phenolic OH excluding ortho intramolecular Hbond substituents is 1. The fraction of sp³-hybridized carbons (Fsp3) is 0.333. The van der Waals surface area contributed by atoms with E-state index in [0.29, 0.717) is 5.56 Å². The molecule has 0 aliphatic heterocycles. The SMILES string of the molecule is Cc1cc(I)cc([C@@H](N)CO)c1O. The van der Waals surface area contributed by atoms with Crippen LogP contribution in [0.1, 0.15) is 17.2 Å². The van der Waals surface area contributed by atoms with Crippen LogP contribution in [0.15, 0.2) is 12.1 Å². The number of hydrogen-bond acceptors (Lipinski definition) is 3. The molecule has 0 aromatic heterocycles. The third kappa shape index (κ3) is 2.32. The van der Waals surface area contributed by atoms with Crippen LogP contribution in [-0.2, 0) is 0 Å². The van der Waals surface area contributed by atoms with E-state index in [1.54, 1.807) is 6.07 Å². The van der Waals surface area contributed by atoms with Gasteiger partial charge in [-0.15, -0.1) is 0 Å². The quantitative estimate of drug-likeness (QED) is 0.720. The Morgan fingerprint density at radius 1 is 1.54 bits per heavy atom. The zero-order valence-corrected chi connectivity index (χ0v) is 9.45. The summed E-state index contributed by atoms with van der Waals surface area (Å²) in [6, 6.07) is 3.14. The lowest BCUT2D eigenvalue weighted by atomic mass is 10.0.